The lowest BCUT2D eigenvalue weighted by Crippen LogP contribution is -2.26. The molecule has 0 aliphatic rings. The third-order valence-electron chi connectivity index (χ3n) is 3.65. The van der Waals surface area contributed by atoms with E-state index < -0.39 is 0 Å². The Morgan fingerprint density at radius 1 is 1.04 bits per heavy atom. The summed E-state index contributed by atoms with van der Waals surface area (Å²) in [6.45, 7) is 3.74. The van der Waals surface area contributed by atoms with E-state index in [0.717, 1.165) is 25.1 Å². The molecule has 23 heavy (non-hydrogen) atoms. The highest BCUT2D eigenvalue weighted by Crippen LogP contribution is 2.07. The smallest absolute Gasteiger partial charge is 0.269 e. The molecular formula is C19H25N3O. The molecule has 0 fully saturated rings. The highest BCUT2D eigenvalue weighted by atomic mass is 16.1. The van der Waals surface area contributed by atoms with Gasteiger partial charge in [-0.1, -0.05) is 50.1 Å². The van der Waals surface area contributed by atoms with Gasteiger partial charge in [-0.25, -0.2) is 4.98 Å². The number of amides is 1. The third kappa shape index (κ3) is 6.10. The summed E-state index contributed by atoms with van der Waals surface area (Å²) in [6.07, 6.45) is 6.13. The number of pyridine rings is 1. The lowest BCUT2D eigenvalue weighted by Gasteiger charge is -2.07. The predicted octanol–water partition coefficient (Wildman–Crippen LogP) is 3.66. The fourth-order valence-electron chi connectivity index (χ4n) is 2.30. The molecule has 0 saturated heterocycles. The van der Waals surface area contributed by atoms with E-state index in [2.05, 4.69) is 34.7 Å². The molecule has 1 amide bonds. The van der Waals surface area contributed by atoms with Crippen LogP contribution >= 0.6 is 0 Å². The molecule has 0 saturated carbocycles. The summed E-state index contributed by atoms with van der Waals surface area (Å²) < 4.78 is 0. The van der Waals surface area contributed by atoms with Crippen LogP contribution in [0.25, 0.3) is 0 Å². The first kappa shape index (κ1) is 17.0. The molecule has 2 N–H and O–H groups in total. The van der Waals surface area contributed by atoms with Crippen LogP contribution in [0, 0.1) is 0 Å². The standard InChI is InChI=1S/C19H25N3O/c1-2-3-7-13-20-17-10-11-18(22-15-17)19(23)21-14-12-16-8-5-4-6-9-16/h4-6,8-11,15,20H,2-3,7,12-14H2,1H3,(H,21,23). The fourth-order valence-corrected chi connectivity index (χ4v) is 2.30. The number of unbranched alkanes of at least 4 members (excludes halogenated alkanes) is 2. The number of nitrogens with one attached hydrogen (secondary N) is 2. The molecule has 1 heterocycles. The summed E-state index contributed by atoms with van der Waals surface area (Å²) >= 11 is 0. The summed E-state index contributed by atoms with van der Waals surface area (Å²) in [5.41, 5.74) is 2.63. The van der Waals surface area contributed by atoms with Gasteiger partial charge in [0.2, 0.25) is 0 Å². The van der Waals surface area contributed by atoms with Crippen LogP contribution in [0.15, 0.2) is 48.7 Å². The van der Waals surface area contributed by atoms with Crippen LogP contribution in [-0.2, 0) is 6.42 Å². The van der Waals surface area contributed by atoms with E-state index in [1.165, 1.54) is 18.4 Å². The van der Waals surface area contributed by atoms with Gasteiger partial charge in [-0.2, -0.15) is 0 Å². The second kappa shape index (κ2) is 9.62. The van der Waals surface area contributed by atoms with E-state index in [-0.39, 0.29) is 5.91 Å². The summed E-state index contributed by atoms with van der Waals surface area (Å²) in [4.78, 5) is 16.3. The SMILES string of the molecule is CCCCCNc1ccc(C(=O)NCCc2ccccc2)nc1. The quantitative estimate of drug-likeness (QED) is 0.695. The molecule has 1 aromatic heterocycles. The van der Waals surface area contributed by atoms with E-state index in [0.29, 0.717) is 12.2 Å². The number of hydrogen-bond acceptors (Lipinski definition) is 3. The van der Waals surface area contributed by atoms with Crippen LogP contribution in [-0.4, -0.2) is 24.0 Å². The number of nitrogens with zero attached hydrogens (tertiary/aromatic N) is 1. The molecule has 0 unspecified atom stereocenters. The largest absolute Gasteiger partial charge is 0.384 e. The van der Waals surface area contributed by atoms with Gasteiger partial charge < -0.3 is 10.6 Å². The van der Waals surface area contributed by atoms with E-state index in [1.54, 1.807) is 12.3 Å². The summed E-state index contributed by atoms with van der Waals surface area (Å²) in [5.74, 6) is -0.126. The van der Waals surface area contributed by atoms with Gasteiger partial charge in [0.15, 0.2) is 0 Å². The van der Waals surface area contributed by atoms with Crippen LogP contribution in [0.5, 0.6) is 0 Å². The Bertz CT molecular complexity index is 581. The average Bonchev–Trinajstić information content (AvgIpc) is 2.60. The Balaban J connectivity index is 1.74. The molecule has 1 aromatic carbocycles. The Hall–Kier alpha value is -2.36. The van der Waals surface area contributed by atoms with Gasteiger partial charge in [-0.3, -0.25) is 4.79 Å². The lowest BCUT2D eigenvalue weighted by molar-refractivity contribution is 0.0949. The maximum atomic E-state index is 12.1. The van der Waals surface area contributed by atoms with Crippen molar-refractivity contribution in [3.8, 4) is 0 Å². The van der Waals surface area contributed by atoms with Gasteiger partial charge in [0.25, 0.3) is 5.91 Å². The van der Waals surface area contributed by atoms with Gasteiger partial charge in [-0.05, 0) is 30.5 Å². The molecule has 4 heteroatoms. The minimum Gasteiger partial charge on any atom is -0.384 e. The number of hydrogen-bond donors (Lipinski definition) is 2. The molecule has 4 nitrogen and oxygen atoms in total. The number of aromatic nitrogens is 1. The van der Waals surface area contributed by atoms with Crippen molar-refractivity contribution in [1.82, 2.24) is 10.3 Å². The zero-order valence-electron chi connectivity index (χ0n) is 13.7. The first-order valence-corrected chi connectivity index (χ1v) is 8.31. The third-order valence-corrected chi connectivity index (χ3v) is 3.65. The summed E-state index contributed by atoms with van der Waals surface area (Å²) in [7, 11) is 0. The monoisotopic (exact) mass is 311 g/mol. The molecule has 2 rings (SSSR count). The van der Waals surface area contributed by atoms with Crippen molar-refractivity contribution < 1.29 is 4.79 Å². The van der Waals surface area contributed by atoms with Crippen molar-refractivity contribution >= 4 is 11.6 Å². The van der Waals surface area contributed by atoms with Gasteiger partial charge in [0.05, 0.1) is 11.9 Å². The number of benzene rings is 1. The van der Waals surface area contributed by atoms with Crippen molar-refractivity contribution in [1.29, 1.82) is 0 Å². The molecule has 122 valence electrons. The molecule has 0 radical (unpaired) electrons. The Labute approximate surface area is 138 Å². The first-order chi connectivity index (χ1) is 11.3. The molecule has 0 aliphatic carbocycles. The number of carbonyl (C=O) groups is 1. The average molecular weight is 311 g/mol. The maximum Gasteiger partial charge on any atom is 0.269 e. The van der Waals surface area contributed by atoms with Gasteiger partial charge in [0.1, 0.15) is 5.69 Å². The Kier molecular flexibility index (Phi) is 7.11. The second-order valence-corrected chi connectivity index (χ2v) is 5.56. The van der Waals surface area contributed by atoms with Crippen molar-refractivity contribution in [3.05, 3.63) is 59.9 Å². The predicted molar refractivity (Wildman–Crippen MR) is 94.7 cm³/mol. The number of carbonyl (C=O) groups excluding carboxylic acids is 1. The minimum absolute atomic E-state index is 0.126. The maximum absolute atomic E-state index is 12.1. The highest BCUT2D eigenvalue weighted by molar-refractivity contribution is 5.92. The molecule has 0 aliphatic heterocycles. The first-order valence-electron chi connectivity index (χ1n) is 8.31. The van der Waals surface area contributed by atoms with Crippen molar-refractivity contribution in [2.24, 2.45) is 0 Å². The molecular weight excluding hydrogens is 286 g/mol. The van der Waals surface area contributed by atoms with Gasteiger partial charge >= 0.3 is 0 Å². The Morgan fingerprint density at radius 3 is 2.57 bits per heavy atom. The van der Waals surface area contributed by atoms with Crippen molar-refractivity contribution in [2.45, 2.75) is 32.6 Å². The van der Waals surface area contributed by atoms with Crippen LogP contribution in [0.1, 0.15) is 42.2 Å². The van der Waals surface area contributed by atoms with E-state index in [4.69, 9.17) is 0 Å². The normalized spacial score (nSPS) is 10.3. The molecule has 2 aromatic rings. The van der Waals surface area contributed by atoms with Gasteiger partial charge in [-0.15, -0.1) is 0 Å². The van der Waals surface area contributed by atoms with E-state index in [9.17, 15) is 4.79 Å². The van der Waals surface area contributed by atoms with Crippen molar-refractivity contribution in [3.63, 3.8) is 0 Å². The number of rotatable bonds is 9. The summed E-state index contributed by atoms with van der Waals surface area (Å²) in [6, 6.07) is 13.8. The zero-order valence-corrected chi connectivity index (χ0v) is 13.7. The van der Waals surface area contributed by atoms with E-state index in [1.807, 2.05) is 24.3 Å². The number of anilines is 1. The van der Waals surface area contributed by atoms with Crippen LogP contribution in [0.2, 0.25) is 0 Å². The lowest BCUT2D eigenvalue weighted by atomic mass is 10.1. The van der Waals surface area contributed by atoms with Crippen LogP contribution < -0.4 is 10.6 Å². The van der Waals surface area contributed by atoms with Crippen LogP contribution in [0.4, 0.5) is 5.69 Å². The zero-order chi connectivity index (χ0) is 16.3. The second-order valence-electron chi connectivity index (χ2n) is 5.56. The minimum atomic E-state index is -0.126. The Morgan fingerprint density at radius 2 is 1.87 bits per heavy atom. The topological polar surface area (TPSA) is 54.0 Å². The van der Waals surface area contributed by atoms with E-state index >= 15 is 0 Å². The highest BCUT2D eigenvalue weighted by Gasteiger charge is 2.06. The molecule has 0 spiro atoms. The van der Waals surface area contributed by atoms with Crippen LogP contribution in [0.3, 0.4) is 0 Å². The molecule has 0 bridgehead atoms. The molecule has 0 atom stereocenters. The van der Waals surface area contributed by atoms with Crippen molar-refractivity contribution in [2.75, 3.05) is 18.4 Å². The van der Waals surface area contributed by atoms with Gasteiger partial charge in [0, 0.05) is 13.1 Å². The fraction of sp³-hybridized carbons (Fsp3) is 0.368. The summed E-state index contributed by atoms with van der Waals surface area (Å²) in [5, 5.41) is 6.22.